The van der Waals surface area contributed by atoms with E-state index in [1.165, 1.54) is 4.90 Å². The van der Waals surface area contributed by atoms with Gasteiger partial charge in [0, 0.05) is 31.8 Å². The Morgan fingerprint density at radius 3 is 2.74 bits per heavy atom. The van der Waals surface area contributed by atoms with Crippen LogP contribution in [-0.4, -0.2) is 57.6 Å². The van der Waals surface area contributed by atoms with E-state index in [9.17, 15) is 19.5 Å². The Labute approximate surface area is 107 Å². The number of pyridine rings is 1. The Bertz CT molecular complexity index is 568. The molecule has 1 aromatic rings. The van der Waals surface area contributed by atoms with Crippen molar-refractivity contribution in [3.05, 3.63) is 28.0 Å². The fourth-order valence-electron chi connectivity index (χ4n) is 1.99. The van der Waals surface area contributed by atoms with Crippen molar-refractivity contribution in [1.29, 1.82) is 0 Å². The van der Waals surface area contributed by atoms with Gasteiger partial charge in [0.1, 0.15) is 6.04 Å². The third kappa shape index (κ3) is 2.74. The number of carboxylic acids is 1. The Morgan fingerprint density at radius 2 is 2.11 bits per heavy atom. The Morgan fingerprint density at radius 1 is 1.37 bits per heavy atom. The molecule has 19 heavy (non-hydrogen) atoms. The van der Waals surface area contributed by atoms with Crippen LogP contribution < -0.4 is 10.9 Å². The summed E-state index contributed by atoms with van der Waals surface area (Å²) < 4.78 is 0. The van der Waals surface area contributed by atoms with E-state index in [0.29, 0.717) is 6.54 Å². The maximum Gasteiger partial charge on any atom is 0.327 e. The third-order valence-electron chi connectivity index (χ3n) is 2.87. The van der Waals surface area contributed by atoms with Gasteiger partial charge in [-0.25, -0.2) is 4.79 Å². The number of hydrogen-bond acceptors (Lipinski definition) is 5. The lowest BCUT2D eigenvalue weighted by Gasteiger charge is -2.33. The number of carbonyl (C=O) groups is 2. The van der Waals surface area contributed by atoms with Crippen LogP contribution in [0.5, 0.6) is 5.88 Å². The maximum atomic E-state index is 12.2. The minimum absolute atomic E-state index is 0.0330. The van der Waals surface area contributed by atoms with Crippen LogP contribution in [-0.2, 0) is 4.79 Å². The summed E-state index contributed by atoms with van der Waals surface area (Å²) in [6.45, 7) is 0.851. The monoisotopic (exact) mass is 267 g/mol. The normalized spacial score (nSPS) is 19.2. The molecule has 1 fully saturated rings. The molecule has 1 aliphatic heterocycles. The summed E-state index contributed by atoms with van der Waals surface area (Å²) >= 11 is 0. The van der Waals surface area contributed by atoms with E-state index in [2.05, 4.69) is 10.3 Å². The highest BCUT2D eigenvalue weighted by Gasteiger charge is 2.32. The zero-order valence-corrected chi connectivity index (χ0v) is 9.92. The Kier molecular flexibility index (Phi) is 3.52. The summed E-state index contributed by atoms with van der Waals surface area (Å²) in [6.07, 6.45) is 0. The second kappa shape index (κ2) is 5.11. The zero-order valence-electron chi connectivity index (χ0n) is 9.92. The van der Waals surface area contributed by atoms with Crippen LogP contribution in [0.4, 0.5) is 0 Å². The van der Waals surface area contributed by atoms with Crippen LogP contribution in [0.2, 0.25) is 0 Å². The van der Waals surface area contributed by atoms with Crippen LogP contribution in [0.15, 0.2) is 16.9 Å². The van der Waals surface area contributed by atoms with Gasteiger partial charge in [0.25, 0.3) is 11.5 Å². The summed E-state index contributed by atoms with van der Waals surface area (Å²) in [7, 11) is 0. The lowest BCUT2D eigenvalue weighted by atomic mass is 10.1. The second-order valence-electron chi connectivity index (χ2n) is 4.18. The van der Waals surface area contributed by atoms with E-state index >= 15 is 0 Å². The summed E-state index contributed by atoms with van der Waals surface area (Å²) in [5.41, 5.74) is -0.653. The minimum atomic E-state index is -1.12. The van der Waals surface area contributed by atoms with E-state index in [4.69, 9.17) is 5.11 Å². The van der Waals surface area contributed by atoms with Gasteiger partial charge in [0.05, 0.1) is 5.56 Å². The second-order valence-corrected chi connectivity index (χ2v) is 4.18. The van der Waals surface area contributed by atoms with Crippen LogP contribution in [0.25, 0.3) is 0 Å². The van der Waals surface area contributed by atoms with E-state index in [0.717, 1.165) is 12.1 Å². The molecule has 0 spiro atoms. The smallest absolute Gasteiger partial charge is 0.327 e. The van der Waals surface area contributed by atoms with Crippen LogP contribution >= 0.6 is 0 Å². The molecule has 2 rings (SSSR count). The molecule has 1 amide bonds. The number of aliphatic carboxylic acids is 1. The molecule has 8 nitrogen and oxygen atoms in total. The van der Waals surface area contributed by atoms with Gasteiger partial charge < -0.3 is 20.4 Å². The molecule has 1 saturated heterocycles. The van der Waals surface area contributed by atoms with E-state index < -0.39 is 29.4 Å². The van der Waals surface area contributed by atoms with Crippen molar-refractivity contribution in [2.75, 3.05) is 19.6 Å². The molecule has 1 aromatic heterocycles. The fourth-order valence-corrected chi connectivity index (χ4v) is 1.99. The molecule has 0 radical (unpaired) electrons. The van der Waals surface area contributed by atoms with Crippen molar-refractivity contribution >= 4 is 11.9 Å². The zero-order chi connectivity index (χ0) is 14.0. The minimum Gasteiger partial charge on any atom is -0.494 e. The number of carbonyl (C=O) groups excluding carboxylic acids is 1. The molecule has 0 bridgehead atoms. The van der Waals surface area contributed by atoms with Gasteiger partial charge in [0.2, 0.25) is 0 Å². The average molecular weight is 267 g/mol. The van der Waals surface area contributed by atoms with E-state index in [-0.39, 0.29) is 18.7 Å². The molecule has 1 aliphatic rings. The third-order valence-corrected chi connectivity index (χ3v) is 2.87. The first kappa shape index (κ1) is 13.1. The molecule has 2 heterocycles. The standard InChI is InChI=1S/C11H13N3O5/c15-8-3-6(4-9(16)13-8)10(17)14-2-1-12-5-7(14)11(18)19/h3-4,7,12H,1-2,5H2,(H,18,19)(H2,13,15,16). The number of aromatic hydroxyl groups is 1. The molecular weight excluding hydrogens is 254 g/mol. The molecule has 0 aliphatic carbocycles. The number of piperazine rings is 1. The highest BCUT2D eigenvalue weighted by molar-refractivity contribution is 5.97. The number of carboxylic acid groups (broad SMARTS) is 1. The molecule has 8 heteroatoms. The molecule has 102 valence electrons. The fraction of sp³-hybridized carbons (Fsp3) is 0.364. The van der Waals surface area contributed by atoms with Crippen molar-refractivity contribution in [2.45, 2.75) is 6.04 Å². The largest absolute Gasteiger partial charge is 0.494 e. The summed E-state index contributed by atoms with van der Waals surface area (Å²) in [5.74, 6) is -2.14. The van der Waals surface area contributed by atoms with Gasteiger partial charge >= 0.3 is 5.97 Å². The van der Waals surface area contributed by atoms with Gasteiger partial charge in [-0.15, -0.1) is 0 Å². The van der Waals surface area contributed by atoms with Gasteiger partial charge in [-0.3, -0.25) is 14.6 Å². The number of H-pyrrole nitrogens is 1. The number of aromatic amines is 1. The van der Waals surface area contributed by atoms with Gasteiger partial charge in [-0.1, -0.05) is 0 Å². The SMILES string of the molecule is O=C(O)C1CNCCN1C(=O)c1cc(O)[nH]c(=O)c1. The first-order chi connectivity index (χ1) is 8.99. The number of amides is 1. The van der Waals surface area contributed by atoms with Gasteiger partial charge in [-0.05, 0) is 0 Å². The molecule has 0 aromatic carbocycles. The van der Waals surface area contributed by atoms with Crippen LogP contribution in [0.3, 0.4) is 0 Å². The van der Waals surface area contributed by atoms with Crippen molar-refractivity contribution in [1.82, 2.24) is 15.2 Å². The predicted molar refractivity (Wildman–Crippen MR) is 64.1 cm³/mol. The van der Waals surface area contributed by atoms with Crippen molar-refractivity contribution in [3.8, 4) is 5.88 Å². The van der Waals surface area contributed by atoms with Gasteiger partial charge in [-0.2, -0.15) is 0 Å². The predicted octanol–water partition coefficient (Wildman–Crippen LogP) is -1.42. The maximum absolute atomic E-state index is 12.2. The average Bonchev–Trinajstić information content (AvgIpc) is 2.36. The lowest BCUT2D eigenvalue weighted by Crippen LogP contribution is -2.57. The van der Waals surface area contributed by atoms with Crippen LogP contribution in [0.1, 0.15) is 10.4 Å². The number of nitrogens with one attached hydrogen (secondary N) is 2. The number of rotatable bonds is 2. The van der Waals surface area contributed by atoms with Crippen molar-refractivity contribution in [2.24, 2.45) is 0 Å². The summed E-state index contributed by atoms with van der Waals surface area (Å²) in [5, 5.41) is 21.2. The summed E-state index contributed by atoms with van der Waals surface area (Å²) in [6, 6.07) is 1.15. The van der Waals surface area contributed by atoms with Crippen LogP contribution in [0, 0.1) is 0 Å². The quantitative estimate of drug-likeness (QED) is 0.521. The van der Waals surface area contributed by atoms with Gasteiger partial charge in [0.15, 0.2) is 5.88 Å². The highest BCUT2D eigenvalue weighted by atomic mass is 16.4. The van der Waals surface area contributed by atoms with E-state index in [1.54, 1.807) is 0 Å². The number of aromatic nitrogens is 1. The van der Waals surface area contributed by atoms with Crippen molar-refractivity contribution < 1.29 is 19.8 Å². The number of hydrogen-bond donors (Lipinski definition) is 4. The first-order valence-electron chi connectivity index (χ1n) is 5.67. The topological polar surface area (TPSA) is 123 Å². The molecule has 4 N–H and O–H groups in total. The van der Waals surface area contributed by atoms with Crippen molar-refractivity contribution in [3.63, 3.8) is 0 Å². The highest BCUT2D eigenvalue weighted by Crippen LogP contribution is 2.12. The summed E-state index contributed by atoms with van der Waals surface area (Å²) in [4.78, 5) is 37.7. The number of nitrogens with zero attached hydrogens (tertiary/aromatic N) is 1. The lowest BCUT2D eigenvalue weighted by molar-refractivity contribution is -0.142. The first-order valence-corrected chi connectivity index (χ1v) is 5.67. The van der Waals surface area contributed by atoms with E-state index in [1.807, 2.05) is 0 Å². The molecule has 1 atom stereocenters. The Balaban J connectivity index is 2.31. The Hall–Kier alpha value is -2.35. The molecular formula is C11H13N3O5. The molecule has 0 saturated carbocycles. The molecule has 1 unspecified atom stereocenters.